The Hall–Kier alpha value is -3.05. The molecular formula is C23H29N3O2. The largest absolute Gasteiger partial charge is 0.422 e. The minimum Gasteiger partial charge on any atom is -0.422 e. The summed E-state index contributed by atoms with van der Waals surface area (Å²) in [5, 5.41) is 3.98. The van der Waals surface area contributed by atoms with E-state index in [9.17, 15) is 4.79 Å². The fourth-order valence-electron chi connectivity index (χ4n) is 2.83. The number of nitrogens with two attached hydrogens (primary N) is 1. The molecule has 5 nitrogen and oxygen atoms in total. The number of nitrogens with zero attached hydrogens (tertiary/aromatic N) is 1. The van der Waals surface area contributed by atoms with E-state index in [1.807, 2.05) is 42.6 Å². The maximum Gasteiger partial charge on any atom is 0.343 e. The molecule has 148 valence electrons. The van der Waals surface area contributed by atoms with Gasteiger partial charge in [0.15, 0.2) is 0 Å². The first-order valence-electron chi connectivity index (χ1n) is 9.56. The molecule has 5 heteroatoms. The summed E-state index contributed by atoms with van der Waals surface area (Å²) in [5.41, 5.74) is 8.14. The van der Waals surface area contributed by atoms with Crippen molar-refractivity contribution < 1.29 is 4.42 Å². The van der Waals surface area contributed by atoms with Crippen LogP contribution in [-0.4, -0.2) is 26.2 Å². The maximum absolute atomic E-state index is 12.4. The first-order chi connectivity index (χ1) is 13.6. The van der Waals surface area contributed by atoms with Gasteiger partial charge in [-0.1, -0.05) is 24.8 Å². The molecule has 1 heterocycles. The zero-order valence-corrected chi connectivity index (χ0v) is 16.7. The van der Waals surface area contributed by atoms with Crippen LogP contribution in [0.25, 0.3) is 17.0 Å². The molecule has 0 spiro atoms. The van der Waals surface area contributed by atoms with Crippen LogP contribution < -0.4 is 21.6 Å². The van der Waals surface area contributed by atoms with Crippen molar-refractivity contribution in [2.75, 3.05) is 31.1 Å². The average molecular weight is 380 g/mol. The number of allylic oxidation sites excluding steroid dienone is 5. The molecule has 28 heavy (non-hydrogen) atoms. The summed E-state index contributed by atoms with van der Waals surface area (Å²) in [6.45, 7) is 11.0. The van der Waals surface area contributed by atoms with Crippen molar-refractivity contribution in [1.82, 2.24) is 5.32 Å². The normalized spacial score (nSPS) is 12.2. The Kier molecular flexibility index (Phi) is 8.31. The molecule has 3 N–H and O–H groups in total. The molecule has 0 aliphatic carbocycles. The van der Waals surface area contributed by atoms with E-state index in [2.05, 4.69) is 36.7 Å². The molecule has 0 amide bonds. The number of rotatable bonds is 10. The summed E-state index contributed by atoms with van der Waals surface area (Å²) in [7, 11) is 0. The van der Waals surface area contributed by atoms with Crippen LogP contribution in [0.1, 0.15) is 19.4 Å². The van der Waals surface area contributed by atoms with Crippen LogP contribution in [-0.2, 0) is 0 Å². The Bertz CT molecular complexity index is 935. The lowest BCUT2D eigenvalue weighted by Crippen LogP contribution is -2.21. The van der Waals surface area contributed by atoms with E-state index in [1.54, 1.807) is 12.2 Å². The lowest BCUT2D eigenvalue weighted by atomic mass is 10.1. The Balaban J connectivity index is 2.30. The van der Waals surface area contributed by atoms with E-state index in [0.29, 0.717) is 24.2 Å². The van der Waals surface area contributed by atoms with Gasteiger partial charge in [0.2, 0.25) is 0 Å². The standard InChI is InChI=1S/C23H29N3O2/c1-4-7-18(12-14-25-15-13-24)8-9-20-16-19-10-11-21(26(5-2)6-3)17-22(19)28-23(20)27/h4,7-12,14,16-17,25H,1,5-6,13,15,24H2,2-3H3/b9-8+,14-12-,18-7-. The highest BCUT2D eigenvalue weighted by Crippen LogP contribution is 2.22. The fraction of sp³-hybridized carbons (Fsp3) is 0.261. The van der Waals surface area contributed by atoms with E-state index in [0.717, 1.165) is 29.7 Å². The lowest BCUT2D eigenvalue weighted by Gasteiger charge is -2.20. The highest BCUT2D eigenvalue weighted by Gasteiger charge is 2.07. The van der Waals surface area contributed by atoms with Gasteiger partial charge in [0.05, 0.1) is 5.56 Å². The number of benzene rings is 1. The molecule has 1 aromatic carbocycles. The monoisotopic (exact) mass is 379 g/mol. The second kappa shape index (κ2) is 10.9. The van der Waals surface area contributed by atoms with Crippen LogP contribution in [0.3, 0.4) is 0 Å². The molecular weight excluding hydrogens is 350 g/mol. The molecule has 0 saturated heterocycles. The number of hydrogen-bond acceptors (Lipinski definition) is 5. The topological polar surface area (TPSA) is 71.5 Å². The zero-order valence-electron chi connectivity index (χ0n) is 16.7. The molecule has 0 unspecified atom stereocenters. The highest BCUT2D eigenvalue weighted by atomic mass is 16.4. The van der Waals surface area contributed by atoms with Crippen LogP contribution in [0.15, 0.2) is 76.1 Å². The van der Waals surface area contributed by atoms with E-state index in [1.165, 1.54) is 0 Å². The predicted molar refractivity (Wildman–Crippen MR) is 120 cm³/mol. The Morgan fingerprint density at radius 2 is 2.04 bits per heavy atom. The second-order valence-electron chi connectivity index (χ2n) is 6.20. The van der Waals surface area contributed by atoms with E-state index in [4.69, 9.17) is 10.2 Å². The van der Waals surface area contributed by atoms with Crippen molar-refractivity contribution in [2.45, 2.75) is 13.8 Å². The average Bonchev–Trinajstić information content (AvgIpc) is 2.70. The summed E-state index contributed by atoms with van der Waals surface area (Å²) in [5.74, 6) is 0. The van der Waals surface area contributed by atoms with Gasteiger partial charge >= 0.3 is 5.63 Å². The van der Waals surface area contributed by atoms with Gasteiger partial charge in [0.1, 0.15) is 5.58 Å². The highest BCUT2D eigenvalue weighted by molar-refractivity contribution is 5.82. The zero-order chi connectivity index (χ0) is 20.4. The Morgan fingerprint density at radius 1 is 1.25 bits per heavy atom. The first-order valence-corrected chi connectivity index (χ1v) is 9.56. The van der Waals surface area contributed by atoms with Gasteiger partial charge < -0.3 is 20.4 Å². The van der Waals surface area contributed by atoms with E-state index in [-0.39, 0.29) is 5.63 Å². The number of fused-ring (bicyclic) bond motifs is 1. The third kappa shape index (κ3) is 5.72. The van der Waals surface area contributed by atoms with Crippen molar-refractivity contribution in [3.63, 3.8) is 0 Å². The third-order valence-electron chi connectivity index (χ3n) is 4.32. The lowest BCUT2D eigenvalue weighted by molar-refractivity contribution is 0.559. The summed E-state index contributed by atoms with van der Waals surface area (Å²) in [4.78, 5) is 14.6. The van der Waals surface area contributed by atoms with Crippen molar-refractivity contribution in [2.24, 2.45) is 5.73 Å². The number of hydrogen-bond donors (Lipinski definition) is 2. The van der Waals surface area contributed by atoms with Crippen LogP contribution >= 0.6 is 0 Å². The third-order valence-corrected chi connectivity index (χ3v) is 4.32. The van der Waals surface area contributed by atoms with Crippen LogP contribution in [0, 0.1) is 0 Å². The molecule has 2 aromatic rings. The van der Waals surface area contributed by atoms with Gasteiger partial charge in [-0.25, -0.2) is 4.79 Å². The quantitative estimate of drug-likeness (QED) is 0.373. The molecule has 0 aliphatic rings. The molecule has 0 fully saturated rings. The van der Waals surface area contributed by atoms with Crippen LogP contribution in [0.2, 0.25) is 0 Å². The van der Waals surface area contributed by atoms with Gasteiger partial charge in [-0.15, -0.1) is 0 Å². The molecule has 0 bridgehead atoms. The van der Waals surface area contributed by atoms with Gasteiger partial charge in [-0.2, -0.15) is 0 Å². The van der Waals surface area contributed by atoms with Crippen LogP contribution in [0.4, 0.5) is 5.69 Å². The summed E-state index contributed by atoms with van der Waals surface area (Å²) in [6, 6.07) is 7.82. The molecule has 0 atom stereocenters. The van der Waals surface area contributed by atoms with Crippen molar-refractivity contribution >= 4 is 22.7 Å². The summed E-state index contributed by atoms with van der Waals surface area (Å²) in [6.07, 6.45) is 10.9. The van der Waals surface area contributed by atoms with Gasteiger partial charge in [0, 0.05) is 43.3 Å². The van der Waals surface area contributed by atoms with Crippen molar-refractivity contribution in [3.8, 4) is 0 Å². The Morgan fingerprint density at radius 3 is 2.71 bits per heavy atom. The molecule has 0 saturated carbocycles. The van der Waals surface area contributed by atoms with Gasteiger partial charge in [-0.05, 0) is 56.0 Å². The predicted octanol–water partition coefficient (Wildman–Crippen LogP) is 3.83. The number of anilines is 1. The van der Waals surface area contributed by atoms with E-state index >= 15 is 0 Å². The molecule has 2 rings (SSSR count). The SMILES string of the molecule is C=C/C=C(\C=C/NCCN)/C=C/c1cc2ccc(N(CC)CC)cc2oc1=O. The molecule has 0 aliphatic heterocycles. The van der Waals surface area contributed by atoms with Crippen molar-refractivity contribution in [1.29, 1.82) is 0 Å². The first kappa shape index (κ1) is 21.3. The van der Waals surface area contributed by atoms with Crippen LogP contribution in [0.5, 0.6) is 0 Å². The fourth-order valence-corrected chi connectivity index (χ4v) is 2.83. The van der Waals surface area contributed by atoms with Gasteiger partial charge in [-0.3, -0.25) is 0 Å². The molecule has 1 aromatic heterocycles. The van der Waals surface area contributed by atoms with Gasteiger partial charge in [0.25, 0.3) is 0 Å². The minimum absolute atomic E-state index is 0.358. The minimum atomic E-state index is -0.358. The number of nitrogens with one attached hydrogen (secondary N) is 1. The smallest absolute Gasteiger partial charge is 0.343 e. The second-order valence-corrected chi connectivity index (χ2v) is 6.20. The summed E-state index contributed by atoms with van der Waals surface area (Å²) < 4.78 is 5.56. The van der Waals surface area contributed by atoms with E-state index < -0.39 is 0 Å². The summed E-state index contributed by atoms with van der Waals surface area (Å²) >= 11 is 0. The maximum atomic E-state index is 12.4. The Labute approximate surface area is 166 Å². The molecule has 0 radical (unpaired) electrons. The van der Waals surface area contributed by atoms with Crippen molar-refractivity contribution in [3.05, 3.63) is 82.9 Å².